The number of methoxy groups -OCH3 is 5. The van der Waals surface area contributed by atoms with Gasteiger partial charge in [-0.05, 0) is 128 Å². The maximum atomic E-state index is 10.6. The molecule has 24 unspecified atom stereocenters. The molecule has 127 heavy (non-hydrogen) atoms. The fourth-order valence-electron chi connectivity index (χ4n) is 14.3. The predicted octanol–water partition coefficient (Wildman–Crippen LogP) is -1.92. The molecule has 19 N–H and O–H groups in total. The second-order valence-electron chi connectivity index (χ2n) is 29.7. The van der Waals surface area contributed by atoms with E-state index in [4.69, 9.17) is 115 Å². The number of nitrogens with two attached hydrogens (primary N) is 2. The van der Waals surface area contributed by atoms with Crippen molar-refractivity contribution >= 4 is 35.6 Å². The first-order chi connectivity index (χ1) is 60.5. The topological polar surface area (TPSA) is 742 Å². The average molecular weight is 1800 g/mol. The Hall–Kier alpha value is -10.8. The number of nitrogens with zero attached hydrogens (tertiary/aromatic N) is 12. The minimum atomic E-state index is -1.30. The van der Waals surface area contributed by atoms with Crippen molar-refractivity contribution < 1.29 is 146 Å². The number of ether oxygens (including phenoxy) is 15. The summed E-state index contributed by atoms with van der Waals surface area (Å²) in [6.45, 7) is 16.8. The third-order valence-corrected chi connectivity index (χ3v) is 19.8. The molecule has 2 fully saturated rings. The lowest BCUT2D eigenvalue weighted by molar-refractivity contribution is -0.170. The highest BCUT2D eigenvalue weighted by Gasteiger charge is 2.50. The number of carbonyl (C=O) groups excluding carboxylic acids is 6. The lowest BCUT2D eigenvalue weighted by Gasteiger charge is -2.40. The number of nitrogens with one attached hydrogen (secondary N) is 6. The zero-order chi connectivity index (χ0) is 95.3. The average Bonchev–Trinajstić information content (AvgIpc) is 1.76. The van der Waals surface area contributed by atoms with Crippen molar-refractivity contribution in [2.75, 3.05) is 75.2 Å². The lowest BCUT2D eigenvalue weighted by atomic mass is 9.92. The summed E-state index contributed by atoms with van der Waals surface area (Å²) < 4.78 is 82.0. The van der Waals surface area contributed by atoms with Crippen molar-refractivity contribution in [3.63, 3.8) is 0 Å². The van der Waals surface area contributed by atoms with E-state index in [1.54, 1.807) is 129 Å². The Bertz CT molecular complexity index is 4140. The van der Waals surface area contributed by atoms with Gasteiger partial charge in [-0.25, -0.2) is 28.8 Å². The van der Waals surface area contributed by atoms with Crippen LogP contribution in [0.1, 0.15) is 69.2 Å². The van der Waals surface area contributed by atoms with Crippen LogP contribution in [-0.2, 0) is 99.8 Å². The van der Waals surface area contributed by atoms with Crippen LogP contribution in [0.5, 0.6) is 0 Å². The van der Waals surface area contributed by atoms with Gasteiger partial charge in [0, 0.05) is 55.2 Å². The van der Waals surface area contributed by atoms with Gasteiger partial charge < -0.3 is 160 Å². The summed E-state index contributed by atoms with van der Waals surface area (Å²) in [5.41, 5.74) is 46.7. The summed E-state index contributed by atoms with van der Waals surface area (Å²) in [7, 11) is 7.11. The van der Waals surface area contributed by atoms with Crippen LogP contribution in [-0.4, -0.2) is 351 Å². The molecule has 0 radical (unpaired) electrons. The molecule has 8 aliphatic rings. The van der Waals surface area contributed by atoms with E-state index in [2.05, 4.69) is 72.0 Å². The molecule has 8 rings (SSSR count). The van der Waals surface area contributed by atoms with E-state index in [1.165, 1.54) is 34.4 Å². The number of aliphatic hydroxyl groups excluding tert-OH is 9. The van der Waals surface area contributed by atoms with E-state index in [9.17, 15) is 64.5 Å². The maximum Gasteiger partial charge on any atom is 0.163 e. The van der Waals surface area contributed by atoms with Crippen LogP contribution in [0.2, 0.25) is 0 Å². The van der Waals surface area contributed by atoms with Gasteiger partial charge in [-0.2, -0.15) is 0 Å². The Morgan fingerprint density at radius 1 is 0.417 bits per heavy atom. The highest BCUT2D eigenvalue weighted by Crippen LogP contribution is 2.35. The molecule has 706 valence electrons. The van der Waals surface area contributed by atoms with Crippen LogP contribution < -0.4 is 43.4 Å². The number of allylic oxidation sites excluding steroid dienone is 6. The van der Waals surface area contributed by atoms with E-state index < -0.39 is 201 Å². The van der Waals surface area contributed by atoms with Crippen LogP contribution in [0.25, 0.3) is 41.8 Å². The lowest BCUT2D eigenvalue weighted by Crippen LogP contribution is -2.60. The van der Waals surface area contributed by atoms with Gasteiger partial charge in [-0.15, -0.1) is 0 Å². The van der Waals surface area contributed by atoms with Crippen LogP contribution >= 0.6 is 0 Å². The zero-order valence-corrected chi connectivity index (χ0v) is 72.6. The second-order valence-corrected chi connectivity index (χ2v) is 29.7. The van der Waals surface area contributed by atoms with Crippen LogP contribution in [0.15, 0.2) is 129 Å². The van der Waals surface area contributed by atoms with Gasteiger partial charge in [0.15, 0.2) is 11.6 Å². The molecule has 50 heteroatoms. The predicted molar refractivity (Wildman–Crippen MR) is 445 cm³/mol. The first kappa shape index (κ1) is 110. The highest BCUT2D eigenvalue weighted by molar-refractivity contribution is 5.46. The number of hydrogen-bond acceptors (Lipinski definition) is 42. The van der Waals surface area contributed by atoms with Crippen LogP contribution in [0, 0.1) is 0 Å². The Kier molecular flexibility index (Phi) is 49.6. The first-order valence-corrected chi connectivity index (χ1v) is 39.2. The van der Waals surface area contributed by atoms with E-state index in [-0.39, 0.29) is 25.9 Å². The monoisotopic (exact) mass is 1800 g/mol. The molecule has 0 aromatic carbocycles. The summed E-state index contributed by atoms with van der Waals surface area (Å²) in [4.78, 5) is 73.5. The number of aliphatic hydroxyl groups is 9. The largest absolute Gasteiger partial charge is 0.490 e. The number of azide groups is 4. The molecule has 2 saturated heterocycles. The maximum absolute atomic E-state index is 10.6. The van der Waals surface area contributed by atoms with Crippen LogP contribution in [0.3, 0.4) is 0 Å². The quantitative estimate of drug-likeness (QED) is 0.0139. The first-order valence-electron chi connectivity index (χ1n) is 39.2. The molecular formula is C77H118N20O30. The van der Waals surface area contributed by atoms with Gasteiger partial charge in [-0.3, -0.25) is 0 Å². The molecule has 0 aliphatic carbocycles. The summed E-state index contributed by atoms with van der Waals surface area (Å²) in [6.07, 6.45) is 0.391. The normalized spacial score (nSPS) is 30.1. The molecule has 8 aliphatic heterocycles. The molecule has 0 bridgehead atoms. The zero-order valence-electron chi connectivity index (χ0n) is 72.6. The number of rotatable bonds is 37. The van der Waals surface area contributed by atoms with Gasteiger partial charge in [0.1, 0.15) is 146 Å². The third kappa shape index (κ3) is 34.4. The minimum absolute atomic E-state index is 0.0325. The van der Waals surface area contributed by atoms with Gasteiger partial charge in [0.25, 0.3) is 0 Å². The standard InChI is InChI=1S/C15H22N4O5.C14H20N4O5.2C12H18N4O5.2C12H20N2O5/c1-9-7-10(18-19-16)12(17-5-6-20)14(23-9)13(21-4)11-8-22-15(2,3)24-11;1-8-6-9(17-18-15)11(16-4-5-19)13(22-8)12(20)10-7-21-14(2,3)23-10;1-7-5-8(15-16-13)10(14-3-4-17)12(21-7)11(19)9(18)6-20-2;1-7-5-8(15-16-13)10(14-3-4-17)12(21-7)11(20-2)9(19)6-18;1-7-5-8(13)10(14-3-4-15)12(19-7)11(17)9(16)6-18-2;1-7-5-8(13)10(14-3-4-15)12(19-7)11(18-2)9(17)6-16/h5,7,10-14,17H,8H2,1-4H3;4,6,9-13,16,20H,7H2,1-3H3;2*3,5,8-12,14,18-19H,6H2,1-2H3;2*3,5,8-12,14,16-17H,6,13H2,1-2H3/t10?,11?,12?,13?,14-;9?,10?,11?,12?,13-;4*8?,9?,10?,11?,12-/m111111/s1. The summed E-state index contributed by atoms with van der Waals surface area (Å²) in [5.74, 6) is 11.2. The Morgan fingerprint density at radius 3 is 0.984 bits per heavy atom. The molecule has 0 amide bonds. The molecule has 8 heterocycles. The second kappa shape index (κ2) is 57.1. The van der Waals surface area contributed by atoms with Gasteiger partial charge in [0.05, 0.1) is 184 Å². The van der Waals surface area contributed by atoms with Crippen molar-refractivity contribution in [3.8, 4) is 0 Å². The van der Waals surface area contributed by atoms with Gasteiger partial charge in [0.2, 0.25) is 0 Å². The minimum Gasteiger partial charge on any atom is -0.490 e. The summed E-state index contributed by atoms with van der Waals surface area (Å²) in [5, 5.41) is 119. The van der Waals surface area contributed by atoms with Crippen LogP contribution in [0.4, 0.5) is 0 Å². The molecule has 0 aromatic rings. The van der Waals surface area contributed by atoms with Crippen molar-refractivity contribution in [3.05, 3.63) is 150 Å². The smallest absolute Gasteiger partial charge is 0.163 e. The Balaban J connectivity index is 0.000000394. The van der Waals surface area contributed by atoms with Gasteiger partial charge in [-0.1, -0.05) is 20.5 Å². The van der Waals surface area contributed by atoms with Crippen molar-refractivity contribution in [1.29, 1.82) is 0 Å². The molecule has 30 atom stereocenters. The SMILES string of the molecule is CC1=CC(N=[N+]=[N-])C(NC=C=O)[C@H](C(O)C2COC(C)(C)O2)O1.COC(C(O)CO)[C@@H]1OC(C)=CC(N)C1NC=C=O.COC(C(O)CO)[C@@H]1OC(C)=CC(N=[N+]=[N-])C1NC=C=O.COC(C1COC(C)(C)O1)[C@@H]1OC(C)=CC(N=[N+]=[N-])C1NC=C=O.COCC(O)C(O)[C@@H]1OC(C)=CC(N)C1NC=C=O.COCC(O)C(O)[C@@H]1OC(C)=CC(N=[N+]=[N-])C1NC=C=O. The van der Waals surface area contributed by atoms with E-state index in [1.807, 2.05) is 13.8 Å². The molecule has 0 spiro atoms. The Labute approximate surface area is 731 Å². The summed E-state index contributed by atoms with van der Waals surface area (Å²) >= 11 is 0. The van der Waals surface area contributed by atoms with Crippen molar-refractivity contribution in [2.45, 2.75) is 263 Å². The van der Waals surface area contributed by atoms with E-state index in [0.29, 0.717) is 41.2 Å². The number of hydrogen-bond donors (Lipinski definition) is 17. The van der Waals surface area contributed by atoms with Gasteiger partial charge >= 0.3 is 0 Å². The molecule has 50 nitrogen and oxygen atoms in total. The van der Waals surface area contributed by atoms with E-state index in [0.717, 1.165) is 37.2 Å². The third-order valence-electron chi connectivity index (χ3n) is 19.8. The fourth-order valence-corrected chi connectivity index (χ4v) is 14.3. The highest BCUT2D eigenvalue weighted by atomic mass is 16.8. The van der Waals surface area contributed by atoms with Crippen molar-refractivity contribution in [2.24, 2.45) is 31.9 Å². The Morgan fingerprint density at radius 2 is 0.685 bits per heavy atom. The van der Waals surface area contributed by atoms with Crippen molar-refractivity contribution in [1.82, 2.24) is 31.9 Å². The fraction of sp³-hybridized carbons (Fsp3) is 0.688. The van der Waals surface area contributed by atoms with E-state index >= 15 is 0 Å². The summed E-state index contributed by atoms with van der Waals surface area (Å²) in [6, 6.07) is -6.97. The molecule has 0 aromatic heterocycles. The molecule has 0 saturated carbocycles. The molecular weight excluding hydrogens is 1680 g/mol.